The van der Waals surface area contributed by atoms with Crippen molar-refractivity contribution >= 4 is 27.6 Å². The fourth-order valence-corrected chi connectivity index (χ4v) is 5.32. The first-order valence-electron chi connectivity index (χ1n) is 10.0. The number of rotatable bonds is 4. The van der Waals surface area contributed by atoms with Gasteiger partial charge in [0.15, 0.2) is 0 Å². The van der Waals surface area contributed by atoms with Gasteiger partial charge in [-0.15, -0.1) is 0 Å². The van der Waals surface area contributed by atoms with E-state index in [1.807, 2.05) is 30.3 Å². The molecule has 2 N–H and O–H groups in total. The molecule has 0 aliphatic carbocycles. The van der Waals surface area contributed by atoms with Crippen LogP contribution in [0.25, 0.3) is 10.2 Å². The highest BCUT2D eigenvalue weighted by molar-refractivity contribution is 7.20. The first kappa shape index (κ1) is 18.4. The van der Waals surface area contributed by atoms with Gasteiger partial charge in [-0.1, -0.05) is 35.6 Å². The summed E-state index contributed by atoms with van der Waals surface area (Å²) in [6.45, 7) is 4.63. The Morgan fingerprint density at radius 1 is 1.10 bits per heavy atom. The minimum Gasteiger partial charge on any atom is -0.431 e. The first-order valence-corrected chi connectivity index (χ1v) is 10.8. The summed E-state index contributed by atoms with van der Waals surface area (Å²) in [6, 6.07) is 16.0. The minimum atomic E-state index is -0.283. The molecule has 0 bridgehead atoms. The van der Waals surface area contributed by atoms with Crippen LogP contribution in [-0.4, -0.2) is 47.0 Å². The van der Waals surface area contributed by atoms with E-state index in [0.717, 1.165) is 55.1 Å². The van der Waals surface area contributed by atoms with Crippen molar-refractivity contribution in [1.82, 2.24) is 14.8 Å². The van der Waals surface area contributed by atoms with Gasteiger partial charge in [0.25, 0.3) is 5.19 Å². The Kier molecular flexibility index (Phi) is 4.85. The Bertz CT molecular complexity index is 986. The van der Waals surface area contributed by atoms with Gasteiger partial charge in [0.2, 0.25) is 0 Å². The molecule has 6 nitrogen and oxygen atoms in total. The first-order chi connectivity index (χ1) is 14.1. The van der Waals surface area contributed by atoms with Crippen molar-refractivity contribution in [2.24, 2.45) is 17.6 Å². The van der Waals surface area contributed by atoms with Crippen LogP contribution >= 0.6 is 11.3 Å². The third kappa shape index (κ3) is 3.93. The van der Waals surface area contributed by atoms with Gasteiger partial charge in [-0.2, -0.15) is 0 Å². The highest BCUT2D eigenvalue weighted by Crippen LogP contribution is 2.33. The molecule has 3 aromatic rings. The molecule has 2 atom stereocenters. The number of primary amides is 1. The predicted molar refractivity (Wildman–Crippen MR) is 114 cm³/mol. The number of urea groups is 1. The Morgan fingerprint density at radius 3 is 2.69 bits per heavy atom. The summed E-state index contributed by atoms with van der Waals surface area (Å²) in [7, 11) is 0. The number of nitrogens with zero attached hydrogens (tertiary/aromatic N) is 3. The molecule has 0 saturated carbocycles. The number of benzene rings is 2. The largest absolute Gasteiger partial charge is 0.431 e. The number of para-hydroxylation sites is 1. The maximum absolute atomic E-state index is 11.5. The van der Waals surface area contributed by atoms with Gasteiger partial charge in [0.1, 0.15) is 5.75 Å². The molecule has 0 spiro atoms. The molecule has 29 heavy (non-hydrogen) atoms. The number of carbonyl (C=O) groups is 1. The summed E-state index contributed by atoms with van der Waals surface area (Å²) in [5.41, 5.74) is 7.69. The highest BCUT2D eigenvalue weighted by atomic mass is 32.1. The lowest BCUT2D eigenvalue weighted by molar-refractivity contribution is 0.142. The Labute approximate surface area is 173 Å². The van der Waals surface area contributed by atoms with Crippen molar-refractivity contribution in [3.05, 3.63) is 54.1 Å². The predicted octanol–water partition coefficient (Wildman–Crippen LogP) is 3.92. The summed E-state index contributed by atoms with van der Waals surface area (Å²) in [6.07, 6.45) is 1.13. The quantitative estimate of drug-likeness (QED) is 0.710. The van der Waals surface area contributed by atoms with E-state index in [2.05, 4.69) is 28.1 Å². The SMILES string of the molecule is NC(=O)N1CC2CCN(Cc3ccc(Oc4nc5ccccc5s4)cc3)CC2C1. The zero-order valence-corrected chi connectivity index (χ0v) is 17.0. The van der Waals surface area contributed by atoms with Gasteiger partial charge in [0, 0.05) is 26.2 Å². The van der Waals surface area contributed by atoms with Gasteiger partial charge in [-0.3, -0.25) is 4.90 Å². The molecule has 150 valence electrons. The van der Waals surface area contributed by atoms with E-state index < -0.39 is 0 Å². The molecular weight excluding hydrogens is 384 g/mol. The van der Waals surface area contributed by atoms with E-state index >= 15 is 0 Å². The summed E-state index contributed by atoms with van der Waals surface area (Å²) in [5.74, 6) is 1.95. The third-order valence-corrected chi connectivity index (χ3v) is 6.92. The zero-order valence-electron chi connectivity index (χ0n) is 16.2. The van der Waals surface area contributed by atoms with E-state index in [9.17, 15) is 4.79 Å². The molecule has 3 heterocycles. The van der Waals surface area contributed by atoms with Gasteiger partial charge in [-0.05, 0) is 54.6 Å². The smallest absolute Gasteiger partial charge is 0.314 e. The monoisotopic (exact) mass is 408 g/mol. The van der Waals surface area contributed by atoms with E-state index in [4.69, 9.17) is 10.5 Å². The van der Waals surface area contributed by atoms with E-state index in [1.165, 1.54) is 5.56 Å². The molecule has 2 saturated heterocycles. The molecule has 2 amide bonds. The highest BCUT2D eigenvalue weighted by Gasteiger charge is 2.38. The number of hydrogen-bond donors (Lipinski definition) is 1. The summed E-state index contributed by atoms with van der Waals surface area (Å²) in [4.78, 5) is 20.3. The average Bonchev–Trinajstić information content (AvgIpc) is 3.32. The Morgan fingerprint density at radius 2 is 1.90 bits per heavy atom. The van der Waals surface area contributed by atoms with Gasteiger partial charge < -0.3 is 15.4 Å². The van der Waals surface area contributed by atoms with Crippen LogP contribution in [0.15, 0.2) is 48.5 Å². The number of hydrogen-bond acceptors (Lipinski definition) is 5. The second-order valence-electron chi connectivity index (χ2n) is 7.98. The molecule has 5 rings (SSSR count). The van der Waals surface area contributed by atoms with E-state index in [0.29, 0.717) is 17.0 Å². The van der Waals surface area contributed by atoms with Gasteiger partial charge in [0.05, 0.1) is 10.2 Å². The van der Waals surface area contributed by atoms with Crippen molar-refractivity contribution < 1.29 is 9.53 Å². The molecule has 2 aliphatic heterocycles. The van der Waals surface area contributed by atoms with Crippen LogP contribution in [0.1, 0.15) is 12.0 Å². The van der Waals surface area contributed by atoms with Crippen LogP contribution in [-0.2, 0) is 6.54 Å². The lowest BCUT2D eigenvalue weighted by atomic mass is 9.88. The normalized spacial score (nSPS) is 22.0. The van der Waals surface area contributed by atoms with Crippen LogP contribution in [0.4, 0.5) is 4.79 Å². The van der Waals surface area contributed by atoms with Crippen LogP contribution in [0.3, 0.4) is 0 Å². The van der Waals surface area contributed by atoms with Crippen molar-refractivity contribution in [1.29, 1.82) is 0 Å². The lowest BCUT2D eigenvalue weighted by Crippen LogP contribution is -2.39. The molecule has 2 fully saturated rings. The molecule has 1 aromatic heterocycles. The minimum absolute atomic E-state index is 0.283. The molecule has 0 radical (unpaired) electrons. The van der Waals surface area contributed by atoms with Crippen molar-refractivity contribution in [3.63, 3.8) is 0 Å². The standard InChI is InChI=1S/C22H24N4O2S/c23-21(27)26-13-16-9-10-25(12-17(16)14-26)11-15-5-7-18(8-6-15)28-22-24-19-3-1-2-4-20(19)29-22/h1-8,16-17H,9-14H2,(H2,23,27). The Hall–Kier alpha value is -2.64. The van der Waals surface area contributed by atoms with Gasteiger partial charge in [-0.25, -0.2) is 9.78 Å². The van der Waals surface area contributed by atoms with E-state index in [-0.39, 0.29) is 6.03 Å². The van der Waals surface area contributed by atoms with Gasteiger partial charge >= 0.3 is 6.03 Å². The molecule has 2 unspecified atom stereocenters. The fraction of sp³-hybridized carbons (Fsp3) is 0.364. The number of fused-ring (bicyclic) bond motifs is 2. The maximum Gasteiger partial charge on any atom is 0.314 e. The van der Waals surface area contributed by atoms with Crippen LogP contribution in [0.5, 0.6) is 10.9 Å². The van der Waals surface area contributed by atoms with Crippen LogP contribution in [0, 0.1) is 11.8 Å². The fourth-order valence-electron chi connectivity index (χ4n) is 4.48. The number of amides is 2. The lowest BCUT2D eigenvalue weighted by Gasteiger charge is -2.34. The molecule has 2 aliphatic rings. The van der Waals surface area contributed by atoms with E-state index in [1.54, 1.807) is 16.2 Å². The van der Waals surface area contributed by atoms with Crippen molar-refractivity contribution in [2.45, 2.75) is 13.0 Å². The molecular formula is C22H24N4O2S. The van der Waals surface area contributed by atoms with Crippen molar-refractivity contribution in [3.8, 4) is 10.9 Å². The maximum atomic E-state index is 11.5. The number of carbonyl (C=O) groups excluding carboxylic acids is 1. The topological polar surface area (TPSA) is 71.7 Å². The number of nitrogens with two attached hydrogens (primary N) is 1. The summed E-state index contributed by atoms with van der Waals surface area (Å²) < 4.78 is 7.07. The van der Waals surface area contributed by atoms with Crippen molar-refractivity contribution in [2.75, 3.05) is 26.2 Å². The summed E-state index contributed by atoms with van der Waals surface area (Å²) >= 11 is 1.56. The Balaban J connectivity index is 1.19. The number of piperidine rings is 1. The molecule has 7 heteroatoms. The van der Waals surface area contributed by atoms with Crippen LogP contribution in [0.2, 0.25) is 0 Å². The third-order valence-electron chi connectivity index (χ3n) is 6.01. The average molecular weight is 409 g/mol. The number of likely N-dealkylation sites (tertiary alicyclic amines) is 2. The number of thiazole rings is 1. The summed E-state index contributed by atoms with van der Waals surface area (Å²) in [5, 5.41) is 0.668. The molecule has 2 aromatic carbocycles. The second kappa shape index (κ2) is 7.65. The number of aromatic nitrogens is 1. The second-order valence-corrected chi connectivity index (χ2v) is 8.97. The van der Waals surface area contributed by atoms with Crippen LogP contribution < -0.4 is 10.5 Å². The number of ether oxygens (including phenoxy) is 1. The zero-order chi connectivity index (χ0) is 19.8.